The molecule has 0 saturated heterocycles. The maximum Gasteiger partial charge on any atom is 0.346 e. The monoisotopic (exact) mass is 209 g/mol. The van der Waals surface area contributed by atoms with Gasteiger partial charge in [-0.15, -0.1) is 4.24 Å². The van der Waals surface area contributed by atoms with Crippen LogP contribution in [0, 0.1) is 0 Å². The van der Waals surface area contributed by atoms with Crippen LogP contribution in [0.5, 0.6) is 0 Å². The zero-order valence-corrected chi connectivity index (χ0v) is 7.59. The van der Waals surface area contributed by atoms with E-state index in [4.69, 9.17) is 4.55 Å². The first-order chi connectivity index (χ1) is 5.56. The summed E-state index contributed by atoms with van der Waals surface area (Å²) in [6.45, 7) is 0. The van der Waals surface area contributed by atoms with Crippen molar-refractivity contribution in [3.05, 3.63) is 36.4 Å². The minimum absolute atomic E-state index is 1.10. The fourth-order valence-electron chi connectivity index (χ4n) is 0.385. The average molecular weight is 210 g/mol. The molecule has 6 heteroatoms. The Morgan fingerprint density at radius 2 is 1.17 bits per heavy atom. The van der Waals surface area contributed by atoms with Gasteiger partial charge in [-0.2, -0.15) is 8.42 Å². The molecule has 0 unspecified atom stereocenters. The van der Waals surface area contributed by atoms with Crippen LogP contribution >= 0.6 is 11.8 Å². The van der Waals surface area contributed by atoms with E-state index in [-0.39, 0.29) is 0 Å². The van der Waals surface area contributed by atoms with Gasteiger partial charge in [0.2, 0.25) is 0 Å². The van der Waals surface area contributed by atoms with Gasteiger partial charge in [0.1, 0.15) is 0 Å². The van der Waals surface area contributed by atoms with Gasteiger partial charge >= 0.3 is 10.3 Å². The van der Waals surface area contributed by atoms with Crippen molar-refractivity contribution in [2.24, 2.45) is 0 Å². The lowest BCUT2D eigenvalue weighted by atomic mass is 10.4. The van der Waals surface area contributed by atoms with Crippen LogP contribution in [0.4, 0.5) is 0 Å². The SMILES string of the molecule is O=S(=O)(O)NCl.c1ccccc1. The van der Waals surface area contributed by atoms with Crippen molar-refractivity contribution in [1.29, 1.82) is 0 Å². The largest absolute Gasteiger partial charge is 0.346 e. The molecule has 4 nitrogen and oxygen atoms in total. The molecule has 0 radical (unpaired) electrons. The second-order valence-electron chi connectivity index (χ2n) is 1.71. The molecule has 0 fully saturated rings. The van der Waals surface area contributed by atoms with Gasteiger partial charge in [0.05, 0.1) is 0 Å². The second-order valence-corrected chi connectivity index (χ2v) is 3.27. The van der Waals surface area contributed by atoms with E-state index in [9.17, 15) is 8.42 Å². The summed E-state index contributed by atoms with van der Waals surface area (Å²) in [5.74, 6) is 0. The lowest BCUT2D eigenvalue weighted by Crippen LogP contribution is -2.09. The van der Waals surface area contributed by atoms with Gasteiger partial charge in [0.25, 0.3) is 0 Å². The molecule has 0 spiro atoms. The lowest BCUT2D eigenvalue weighted by molar-refractivity contribution is 0.480. The number of hydrogen-bond donors (Lipinski definition) is 2. The third kappa shape index (κ3) is 9.38. The molecule has 1 aromatic rings. The van der Waals surface area contributed by atoms with E-state index in [2.05, 4.69) is 11.8 Å². The van der Waals surface area contributed by atoms with Crippen LogP contribution in [0.1, 0.15) is 0 Å². The molecule has 1 rings (SSSR count). The first kappa shape index (κ1) is 11.4. The van der Waals surface area contributed by atoms with Crippen molar-refractivity contribution >= 4 is 22.1 Å². The first-order valence-corrected chi connectivity index (χ1v) is 4.73. The normalized spacial score (nSPS) is 9.83. The van der Waals surface area contributed by atoms with Crippen molar-refractivity contribution < 1.29 is 13.0 Å². The minimum Gasteiger partial charge on any atom is -0.273 e. The molecule has 68 valence electrons. The molecule has 2 N–H and O–H groups in total. The highest BCUT2D eigenvalue weighted by Gasteiger charge is 1.93. The highest BCUT2D eigenvalue weighted by atomic mass is 35.5. The summed E-state index contributed by atoms with van der Waals surface area (Å²) in [7, 11) is -4.15. The molecule has 1 aromatic carbocycles. The fraction of sp³-hybridized carbons (Fsp3) is 0. The predicted molar refractivity (Wildman–Crippen MR) is 47.0 cm³/mol. The second kappa shape index (κ2) is 5.96. The van der Waals surface area contributed by atoms with Gasteiger partial charge in [-0.25, -0.2) is 0 Å². The van der Waals surface area contributed by atoms with Crippen LogP contribution in [-0.2, 0) is 10.3 Å². The number of nitrogens with one attached hydrogen (secondary N) is 1. The van der Waals surface area contributed by atoms with Crippen molar-refractivity contribution in [3.63, 3.8) is 0 Å². The van der Waals surface area contributed by atoms with Crippen molar-refractivity contribution in [2.45, 2.75) is 0 Å². The van der Waals surface area contributed by atoms with Gasteiger partial charge in [0.15, 0.2) is 0 Å². The first-order valence-electron chi connectivity index (χ1n) is 2.91. The summed E-state index contributed by atoms with van der Waals surface area (Å²) in [4.78, 5) is 0. The standard InChI is InChI=1S/C6H6.ClH2NO3S/c1-2-4-6-5-3-1;1-2-6(3,4)5/h1-6H;2H,(H,3,4,5). The number of benzene rings is 1. The molecule has 0 saturated carbocycles. The van der Waals surface area contributed by atoms with E-state index in [0.29, 0.717) is 0 Å². The lowest BCUT2D eigenvalue weighted by Gasteiger charge is -1.80. The summed E-state index contributed by atoms with van der Waals surface area (Å²) < 4.78 is 27.3. The van der Waals surface area contributed by atoms with Crippen molar-refractivity contribution in [3.8, 4) is 0 Å². The highest BCUT2D eigenvalue weighted by molar-refractivity contribution is 7.84. The van der Waals surface area contributed by atoms with Gasteiger partial charge in [0, 0.05) is 0 Å². The summed E-state index contributed by atoms with van der Waals surface area (Å²) in [6, 6.07) is 12.0. The Morgan fingerprint density at radius 3 is 1.25 bits per heavy atom. The maximum atomic E-state index is 9.31. The quantitative estimate of drug-likeness (QED) is 0.540. The predicted octanol–water partition coefficient (Wildman–Crippen LogP) is 1.22. The van der Waals surface area contributed by atoms with E-state index in [1.165, 1.54) is 0 Å². The van der Waals surface area contributed by atoms with Crippen LogP contribution in [0.15, 0.2) is 36.4 Å². The van der Waals surface area contributed by atoms with E-state index < -0.39 is 10.3 Å². The topological polar surface area (TPSA) is 66.4 Å². The summed E-state index contributed by atoms with van der Waals surface area (Å²) in [5, 5.41) is 0. The highest BCUT2D eigenvalue weighted by Crippen LogP contribution is 1.79. The van der Waals surface area contributed by atoms with Crippen LogP contribution in [0.25, 0.3) is 0 Å². The molecule has 0 amide bonds. The van der Waals surface area contributed by atoms with Gasteiger partial charge in [-0.05, 0) is 11.8 Å². The minimum atomic E-state index is -4.15. The van der Waals surface area contributed by atoms with E-state index >= 15 is 0 Å². The van der Waals surface area contributed by atoms with Gasteiger partial charge in [-0.3, -0.25) is 4.55 Å². The van der Waals surface area contributed by atoms with Gasteiger partial charge in [-0.1, -0.05) is 36.4 Å². The van der Waals surface area contributed by atoms with Crippen molar-refractivity contribution in [1.82, 2.24) is 4.24 Å². The summed E-state index contributed by atoms with van der Waals surface area (Å²) in [6.07, 6.45) is 0. The Morgan fingerprint density at radius 1 is 1.00 bits per heavy atom. The zero-order chi connectivity index (χ0) is 9.45. The molecule has 0 aliphatic heterocycles. The Kier molecular flexibility index (Phi) is 5.65. The Labute approximate surface area is 76.2 Å². The molecular formula is C6H8ClNO3S. The van der Waals surface area contributed by atoms with E-state index in [1.807, 2.05) is 36.4 Å². The average Bonchev–Trinajstić information content (AvgIpc) is 2.07. The Hall–Kier alpha value is -0.620. The molecule has 0 aromatic heterocycles. The molecule has 0 aliphatic rings. The van der Waals surface area contributed by atoms with Crippen molar-refractivity contribution in [2.75, 3.05) is 0 Å². The summed E-state index contributed by atoms with van der Waals surface area (Å²) in [5.41, 5.74) is 0. The number of hydrogen-bond acceptors (Lipinski definition) is 2. The molecule has 0 atom stereocenters. The molecule has 0 bridgehead atoms. The van der Waals surface area contributed by atoms with Crippen LogP contribution in [0.2, 0.25) is 0 Å². The Bertz CT molecular complexity index is 260. The fourth-order valence-corrected chi connectivity index (χ4v) is 0.385. The molecule has 0 aliphatic carbocycles. The molecule has 12 heavy (non-hydrogen) atoms. The zero-order valence-electron chi connectivity index (χ0n) is 6.01. The third-order valence-electron chi connectivity index (χ3n) is 0.764. The van der Waals surface area contributed by atoms with Crippen LogP contribution in [0.3, 0.4) is 0 Å². The molecular weight excluding hydrogens is 202 g/mol. The number of rotatable bonds is 1. The maximum absolute atomic E-state index is 9.31. The molecule has 0 heterocycles. The van der Waals surface area contributed by atoms with E-state index in [1.54, 1.807) is 0 Å². The number of halogens is 1. The van der Waals surface area contributed by atoms with E-state index in [0.717, 1.165) is 4.24 Å². The van der Waals surface area contributed by atoms with Crippen LogP contribution < -0.4 is 4.24 Å². The van der Waals surface area contributed by atoms with Gasteiger partial charge < -0.3 is 0 Å². The summed E-state index contributed by atoms with van der Waals surface area (Å²) >= 11 is 4.39. The third-order valence-corrected chi connectivity index (χ3v) is 1.54. The Balaban J connectivity index is 0.000000202. The smallest absolute Gasteiger partial charge is 0.273 e. The van der Waals surface area contributed by atoms with Crippen LogP contribution in [-0.4, -0.2) is 13.0 Å².